The molecule has 28 heavy (non-hydrogen) atoms. The summed E-state index contributed by atoms with van der Waals surface area (Å²) in [5.74, 6) is -3.05. The molecule has 0 aliphatic carbocycles. The molecule has 5 N–H and O–H groups in total. The van der Waals surface area contributed by atoms with E-state index in [-0.39, 0.29) is 5.75 Å². The highest BCUT2D eigenvalue weighted by atomic mass is 16.7. The van der Waals surface area contributed by atoms with Crippen LogP contribution in [0.5, 0.6) is 5.75 Å². The number of aliphatic carboxylic acids is 1. The summed E-state index contributed by atoms with van der Waals surface area (Å²) >= 11 is 0. The monoisotopic (exact) mass is 392 g/mol. The molecule has 1 saturated heterocycles. The van der Waals surface area contributed by atoms with Crippen LogP contribution in [0, 0.1) is 0 Å². The Kier molecular flexibility index (Phi) is 5.52. The maximum atomic E-state index is 12.5. The number of hydrogen-bond donors (Lipinski definition) is 5. The first-order valence-corrected chi connectivity index (χ1v) is 8.54. The molecule has 6 atom stereocenters. The Morgan fingerprint density at radius 2 is 1.64 bits per heavy atom. The van der Waals surface area contributed by atoms with Gasteiger partial charge < -0.3 is 35.0 Å². The quantitative estimate of drug-likeness (QED) is 0.455. The minimum atomic E-state index is -1.86. The van der Waals surface area contributed by atoms with E-state index in [0.29, 0.717) is 5.56 Å². The van der Waals surface area contributed by atoms with Gasteiger partial charge in [-0.25, -0.2) is 4.79 Å². The van der Waals surface area contributed by atoms with Gasteiger partial charge in [0, 0.05) is 0 Å². The van der Waals surface area contributed by atoms with Gasteiger partial charge in [-0.05, 0) is 35.4 Å². The number of phenols is 1. The van der Waals surface area contributed by atoms with Gasteiger partial charge in [-0.2, -0.15) is 0 Å². The van der Waals surface area contributed by atoms with E-state index in [0.717, 1.165) is 10.8 Å². The van der Waals surface area contributed by atoms with Gasteiger partial charge in [-0.15, -0.1) is 0 Å². The van der Waals surface area contributed by atoms with Gasteiger partial charge in [0.2, 0.25) is 6.29 Å². The molecule has 1 aliphatic heterocycles. The van der Waals surface area contributed by atoms with Crippen molar-refractivity contribution in [1.82, 2.24) is 0 Å². The predicted octanol–water partition coefficient (Wildman–Crippen LogP) is 0.0843. The maximum Gasteiger partial charge on any atom is 0.335 e. The van der Waals surface area contributed by atoms with Crippen molar-refractivity contribution in [3.05, 3.63) is 42.0 Å². The van der Waals surface area contributed by atoms with Crippen LogP contribution < -0.4 is 0 Å². The third-order valence-electron chi connectivity index (χ3n) is 4.75. The Bertz CT molecular complexity index is 896. The summed E-state index contributed by atoms with van der Waals surface area (Å²) in [5, 5.41) is 49.5. The Hall–Kier alpha value is -2.72. The van der Waals surface area contributed by atoms with Crippen molar-refractivity contribution < 1.29 is 44.6 Å². The molecule has 0 radical (unpaired) electrons. The van der Waals surface area contributed by atoms with Gasteiger partial charge >= 0.3 is 11.9 Å². The zero-order valence-electron chi connectivity index (χ0n) is 14.8. The topological polar surface area (TPSA) is 154 Å². The molecule has 150 valence electrons. The fourth-order valence-corrected chi connectivity index (χ4v) is 3.02. The maximum absolute atomic E-state index is 12.5. The first-order chi connectivity index (χ1) is 13.2. The molecule has 3 rings (SSSR count). The summed E-state index contributed by atoms with van der Waals surface area (Å²) in [5.41, 5.74) is 0.587. The van der Waals surface area contributed by atoms with E-state index in [1.54, 1.807) is 37.3 Å². The zero-order valence-corrected chi connectivity index (χ0v) is 14.8. The number of carbonyl (C=O) groups excluding carboxylic acids is 1. The van der Waals surface area contributed by atoms with Crippen LogP contribution in [0.3, 0.4) is 0 Å². The molecule has 0 amide bonds. The van der Waals surface area contributed by atoms with E-state index < -0.39 is 48.6 Å². The van der Waals surface area contributed by atoms with Crippen LogP contribution in [0.1, 0.15) is 18.4 Å². The molecule has 0 spiro atoms. The normalized spacial score (nSPS) is 28.6. The Balaban J connectivity index is 1.76. The van der Waals surface area contributed by atoms with Crippen molar-refractivity contribution >= 4 is 22.7 Å². The molecule has 1 fully saturated rings. The fraction of sp³-hybridized carbons (Fsp3) is 0.368. The number of aromatic hydroxyl groups is 1. The number of ether oxygens (including phenoxy) is 2. The number of esters is 1. The minimum Gasteiger partial charge on any atom is -0.508 e. The highest BCUT2D eigenvalue weighted by Crippen LogP contribution is 2.28. The van der Waals surface area contributed by atoms with Crippen LogP contribution in [0.15, 0.2) is 36.4 Å². The standard InChI is InChI=1S/C19H20O9/c1-8(9-2-3-11-7-12(20)5-4-10(11)6-9)18(26)28-19-15(23)13(21)14(22)16(27-19)17(24)25/h2-8,13-16,19-23H,1H3,(H,24,25)/t8-,13-,14-,15+,16-,19-/m0/s1. The summed E-state index contributed by atoms with van der Waals surface area (Å²) in [4.78, 5) is 23.6. The molecule has 2 aromatic carbocycles. The van der Waals surface area contributed by atoms with Crippen molar-refractivity contribution in [2.24, 2.45) is 0 Å². The average Bonchev–Trinajstić information content (AvgIpc) is 2.66. The Labute approximate surface area is 159 Å². The van der Waals surface area contributed by atoms with Crippen molar-refractivity contribution in [2.45, 2.75) is 43.5 Å². The highest BCUT2D eigenvalue weighted by molar-refractivity contribution is 5.86. The fourth-order valence-electron chi connectivity index (χ4n) is 3.02. The Morgan fingerprint density at radius 3 is 2.32 bits per heavy atom. The van der Waals surface area contributed by atoms with Crippen LogP contribution in [-0.4, -0.2) is 68.2 Å². The molecule has 1 aliphatic rings. The van der Waals surface area contributed by atoms with Gasteiger partial charge in [-0.1, -0.05) is 24.3 Å². The number of aliphatic hydroxyl groups is 3. The Morgan fingerprint density at radius 1 is 1.00 bits per heavy atom. The first kappa shape index (κ1) is 20.0. The SMILES string of the molecule is C[C@H](C(=O)O[C@@H]1O[C@H](C(=O)O)[C@@H](O)[C@H](O)[C@H]1O)c1ccc2cc(O)ccc2c1. The van der Waals surface area contributed by atoms with Gasteiger partial charge in [0.05, 0.1) is 5.92 Å². The molecule has 0 unspecified atom stereocenters. The second-order valence-electron chi connectivity index (χ2n) is 6.68. The molecule has 0 bridgehead atoms. The van der Waals surface area contributed by atoms with Crippen LogP contribution in [-0.2, 0) is 19.1 Å². The molecule has 9 nitrogen and oxygen atoms in total. The largest absolute Gasteiger partial charge is 0.508 e. The van der Waals surface area contributed by atoms with Crippen LogP contribution in [0.2, 0.25) is 0 Å². The number of fused-ring (bicyclic) bond motifs is 1. The lowest BCUT2D eigenvalue weighted by molar-refractivity contribution is -0.286. The van der Waals surface area contributed by atoms with E-state index >= 15 is 0 Å². The van der Waals surface area contributed by atoms with Crippen molar-refractivity contribution in [3.63, 3.8) is 0 Å². The number of hydrogen-bond acceptors (Lipinski definition) is 8. The first-order valence-electron chi connectivity index (χ1n) is 8.54. The minimum absolute atomic E-state index is 0.116. The number of phenolic OH excluding ortho intramolecular Hbond substituents is 1. The van der Waals surface area contributed by atoms with Gasteiger partial charge in [0.15, 0.2) is 6.10 Å². The van der Waals surface area contributed by atoms with Crippen molar-refractivity contribution in [3.8, 4) is 5.75 Å². The molecule has 9 heteroatoms. The van der Waals surface area contributed by atoms with E-state index in [2.05, 4.69) is 0 Å². The number of carboxylic acid groups (broad SMARTS) is 1. The second kappa shape index (κ2) is 7.72. The van der Waals surface area contributed by atoms with Gasteiger partial charge in [0.25, 0.3) is 0 Å². The summed E-state index contributed by atoms with van der Waals surface area (Å²) in [6.45, 7) is 1.55. The second-order valence-corrected chi connectivity index (χ2v) is 6.68. The van der Waals surface area contributed by atoms with E-state index in [4.69, 9.17) is 14.6 Å². The number of carbonyl (C=O) groups is 2. The van der Waals surface area contributed by atoms with Gasteiger partial charge in [0.1, 0.15) is 24.1 Å². The summed E-state index contributed by atoms with van der Waals surface area (Å²) in [6.07, 6.45) is -9.11. The van der Waals surface area contributed by atoms with Gasteiger partial charge in [-0.3, -0.25) is 4.79 Å². The third-order valence-corrected chi connectivity index (χ3v) is 4.75. The molecule has 2 aromatic rings. The summed E-state index contributed by atoms with van der Waals surface area (Å²) < 4.78 is 10.0. The molecular weight excluding hydrogens is 372 g/mol. The lowest BCUT2D eigenvalue weighted by Crippen LogP contribution is -2.60. The number of rotatable bonds is 4. The zero-order chi connectivity index (χ0) is 20.6. The lowest BCUT2D eigenvalue weighted by Gasteiger charge is -2.38. The van der Waals surface area contributed by atoms with E-state index in [1.165, 1.54) is 6.07 Å². The van der Waals surface area contributed by atoms with Crippen LogP contribution in [0.25, 0.3) is 10.8 Å². The molecule has 1 heterocycles. The summed E-state index contributed by atoms with van der Waals surface area (Å²) in [6, 6.07) is 9.91. The van der Waals surface area contributed by atoms with E-state index in [1.807, 2.05) is 0 Å². The number of aliphatic hydroxyl groups excluding tert-OH is 3. The molecule has 0 saturated carbocycles. The van der Waals surface area contributed by atoms with Crippen molar-refractivity contribution in [1.29, 1.82) is 0 Å². The summed E-state index contributed by atoms with van der Waals surface area (Å²) in [7, 11) is 0. The molecular formula is C19H20O9. The average molecular weight is 392 g/mol. The number of carboxylic acids is 1. The lowest BCUT2D eigenvalue weighted by atomic mass is 9.97. The smallest absolute Gasteiger partial charge is 0.335 e. The van der Waals surface area contributed by atoms with Crippen LogP contribution in [0.4, 0.5) is 0 Å². The third kappa shape index (κ3) is 3.78. The highest BCUT2D eigenvalue weighted by Gasteiger charge is 2.48. The molecule has 0 aromatic heterocycles. The predicted molar refractivity (Wildman–Crippen MR) is 94.4 cm³/mol. The number of benzene rings is 2. The van der Waals surface area contributed by atoms with E-state index in [9.17, 15) is 30.0 Å². The van der Waals surface area contributed by atoms with Crippen LogP contribution >= 0.6 is 0 Å². The van der Waals surface area contributed by atoms with Crippen molar-refractivity contribution in [2.75, 3.05) is 0 Å².